The van der Waals surface area contributed by atoms with Crippen LogP contribution in [0.25, 0.3) is 0 Å². The van der Waals surface area contributed by atoms with E-state index in [4.69, 9.17) is 5.26 Å². The predicted molar refractivity (Wildman–Crippen MR) is 52.5 cm³/mol. The molecule has 1 heteroatoms. The fourth-order valence-corrected chi connectivity index (χ4v) is 0.606. The Labute approximate surface area is 74.7 Å². The molecule has 0 aliphatic carbocycles. The Balaban J connectivity index is 4.72. The van der Waals surface area contributed by atoms with Crippen LogP contribution in [-0.2, 0) is 0 Å². The zero-order valence-corrected chi connectivity index (χ0v) is 8.02. The second kappa shape index (κ2) is 3.92. The molecule has 0 aromatic rings. The van der Waals surface area contributed by atoms with E-state index in [2.05, 4.69) is 19.2 Å². The van der Waals surface area contributed by atoms with Crippen molar-refractivity contribution in [3.8, 4) is 6.07 Å². The summed E-state index contributed by atoms with van der Waals surface area (Å²) in [6, 6.07) is 2.23. The van der Waals surface area contributed by atoms with E-state index in [-0.39, 0.29) is 0 Å². The molecule has 0 N–H and O–H groups in total. The van der Waals surface area contributed by atoms with Crippen molar-refractivity contribution in [1.82, 2.24) is 0 Å². The maximum Gasteiger partial charge on any atom is 0.0728 e. The first kappa shape index (κ1) is 10.7. The van der Waals surface area contributed by atoms with Crippen LogP contribution in [0.1, 0.15) is 20.8 Å². The molecule has 0 radical (unpaired) electrons. The number of hydrogen-bond donors (Lipinski definition) is 0. The molecule has 0 aliphatic rings. The molecule has 0 aromatic carbocycles. The summed E-state index contributed by atoms with van der Waals surface area (Å²) in [5.41, 5.74) is 1.44. The molecule has 0 spiro atoms. The molecular formula is C11H15N. The van der Waals surface area contributed by atoms with Crippen LogP contribution in [0.15, 0.2) is 36.5 Å². The van der Waals surface area contributed by atoms with Gasteiger partial charge in [0.05, 0.1) is 11.5 Å². The van der Waals surface area contributed by atoms with E-state index in [1.807, 2.05) is 26.8 Å². The van der Waals surface area contributed by atoms with E-state index in [1.165, 1.54) is 0 Å². The van der Waals surface area contributed by atoms with Crippen LogP contribution in [0.5, 0.6) is 0 Å². The number of hydrogen-bond acceptors (Lipinski definition) is 1. The average molecular weight is 161 g/mol. The molecule has 0 bridgehead atoms. The summed E-state index contributed by atoms with van der Waals surface area (Å²) >= 11 is 0. The van der Waals surface area contributed by atoms with Crippen molar-refractivity contribution in [2.24, 2.45) is 5.41 Å². The van der Waals surface area contributed by atoms with Gasteiger partial charge in [0, 0.05) is 0 Å². The zero-order valence-electron chi connectivity index (χ0n) is 8.02. The Morgan fingerprint density at radius 2 is 2.00 bits per heavy atom. The first-order chi connectivity index (χ1) is 5.44. The monoisotopic (exact) mass is 161 g/mol. The second-order valence-corrected chi connectivity index (χ2v) is 3.34. The fourth-order valence-electron chi connectivity index (χ4n) is 0.606. The van der Waals surface area contributed by atoms with E-state index in [0.29, 0.717) is 0 Å². The van der Waals surface area contributed by atoms with E-state index >= 15 is 0 Å². The molecule has 1 nitrogen and oxygen atoms in total. The van der Waals surface area contributed by atoms with E-state index in [0.717, 1.165) is 11.1 Å². The molecule has 0 aromatic heterocycles. The SMILES string of the molecule is C=CC(=C)/C=C(\C)C(C)(C)C#N. The Morgan fingerprint density at radius 1 is 1.50 bits per heavy atom. The smallest absolute Gasteiger partial charge is 0.0728 e. The predicted octanol–water partition coefficient (Wildman–Crippen LogP) is 3.22. The van der Waals surface area contributed by atoms with Gasteiger partial charge in [-0.05, 0) is 26.3 Å². The summed E-state index contributed by atoms with van der Waals surface area (Å²) in [4.78, 5) is 0. The first-order valence-corrected chi connectivity index (χ1v) is 3.85. The molecule has 0 aliphatic heterocycles. The van der Waals surface area contributed by atoms with Crippen molar-refractivity contribution >= 4 is 0 Å². The quantitative estimate of drug-likeness (QED) is 0.583. The van der Waals surface area contributed by atoms with Crippen LogP contribution in [0, 0.1) is 16.7 Å². The Morgan fingerprint density at radius 3 is 2.33 bits per heavy atom. The van der Waals surface area contributed by atoms with Crippen LogP contribution < -0.4 is 0 Å². The minimum atomic E-state index is -0.411. The number of rotatable bonds is 3. The standard InChI is InChI=1S/C11H15N/c1-6-9(2)7-10(3)11(4,5)8-12/h6-7H,1-2H2,3-5H3/b10-7+. The van der Waals surface area contributed by atoms with Gasteiger partial charge in [0.25, 0.3) is 0 Å². The lowest BCUT2D eigenvalue weighted by molar-refractivity contribution is 0.596. The highest BCUT2D eigenvalue weighted by atomic mass is 14.3. The normalized spacial score (nSPS) is 12.0. The van der Waals surface area contributed by atoms with Gasteiger partial charge in [0.15, 0.2) is 0 Å². The average Bonchev–Trinajstić information content (AvgIpc) is 2.04. The Bertz CT molecular complexity index is 261. The van der Waals surface area contributed by atoms with E-state index in [1.54, 1.807) is 6.08 Å². The number of nitrogens with zero attached hydrogens (tertiary/aromatic N) is 1. The number of nitriles is 1. The number of allylic oxidation sites excluding steroid dienone is 4. The van der Waals surface area contributed by atoms with Gasteiger partial charge in [-0.3, -0.25) is 0 Å². The van der Waals surface area contributed by atoms with Gasteiger partial charge in [0.2, 0.25) is 0 Å². The Kier molecular flexibility index (Phi) is 3.50. The van der Waals surface area contributed by atoms with Crippen LogP contribution in [0.3, 0.4) is 0 Å². The summed E-state index contributed by atoms with van der Waals surface area (Å²) < 4.78 is 0. The molecular weight excluding hydrogens is 146 g/mol. The van der Waals surface area contributed by atoms with Gasteiger partial charge in [-0.15, -0.1) is 0 Å². The molecule has 0 unspecified atom stereocenters. The van der Waals surface area contributed by atoms with Gasteiger partial charge in [-0.25, -0.2) is 0 Å². The third kappa shape index (κ3) is 2.75. The van der Waals surface area contributed by atoms with E-state index in [9.17, 15) is 0 Å². The molecule has 0 rings (SSSR count). The van der Waals surface area contributed by atoms with Crippen molar-refractivity contribution < 1.29 is 0 Å². The van der Waals surface area contributed by atoms with Gasteiger partial charge in [-0.2, -0.15) is 5.26 Å². The van der Waals surface area contributed by atoms with Crippen LogP contribution in [0.2, 0.25) is 0 Å². The van der Waals surface area contributed by atoms with Crippen molar-refractivity contribution in [1.29, 1.82) is 5.26 Å². The second-order valence-electron chi connectivity index (χ2n) is 3.34. The maximum atomic E-state index is 8.80. The van der Waals surface area contributed by atoms with Gasteiger partial charge >= 0.3 is 0 Å². The van der Waals surface area contributed by atoms with E-state index < -0.39 is 5.41 Å². The van der Waals surface area contributed by atoms with Gasteiger partial charge < -0.3 is 0 Å². The first-order valence-electron chi connectivity index (χ1n) is 3.85. The highest BCUT2D eigenvalue weighted by Crippen LogP contribution is 2.25. The van der Waals surface area contributed by atoms with Crippen molar-refractivity contribution in [2.45, 2.75) is 20.8 Å². The largest absolute Gasteiger partial charge is 0.197 e. The summed E-state index contributed by atoms with van der Waals surface area (Å²) in [5, 5.41) is 8.80. The minimum Gasteiger partial charge on any atom is -0.197 e. The third-order valence-corrected chi connectivity index (χ3v) is 1.93. The lowest BCUT2D eigenvalue weighted by Gasteiger charge is -2.15. The molecule has 64 valence electrons. The maximum absolute atomic E-state index is 8.80. The van der Waals surface area contributed by atoms with Gasteiger partial charge in [0.1, 0.15) is 0 Å². The van der Waals surface area contributed by atoms with Crippen LogP contribution in [-0.4, -0.2) is 0 Å². The molecule has 0 heterocycles. The van der Waals surface area contributed by atoms with Gasteiger partial charge in [-0.1, -0.05) is 30.9 Å². The highest BCUT2D eigenvalue weighted by molar-refractivity contribution is 5.33. The summed E-state index contributed by atoms with van der Waals surface area (Å²) in [5.74, 6) is 0. The summed E-state index contributed by atoms with van der Waals surface area (Å²) in [6.07, 6.45) is 3.56. The van der Waals surface area contributed by atoms with Crippen LogP contribution >= 0.6 is 0 Å². The topological polar surface area (TPSA) is 23.8 Å². The van der Waals surface area contributed by atoms with Crippen molar-refractivity contribution in [2.75, 3.05) is 0 Å². The molecule has 12 heavy (non-hydrogen) atoms. The molecule has 0 fully saturated rings. The fraction of sp³-hybridized carbons (Fsp3) is 0.364. The van der Waals surface area contributed by atoms with Crippen molar-refractivity contribution in [3.05, 3.63) is 36.5 Å². The summed E-state index contributed by atoms with van der Waals surface area (Å²) in [7, 11) is 0. The third-order valence-electron chi connectivity index (χ3n) is 1.93. The van der Waals surface area contributed by atoms with Crippen LogP contribution in [0.4, 0.5) is 0 Å². The lowest BCUT2D eigenvalue weighted by atomic mass is 9.86. The minimum absolute atomic E-state index is 0.411. The molecule has 0 amide bonds. The van der Waals surface area contributed by atoms with Crippen molar-refractivity contribution in [3.63, 3.8) is 0 Å². The molecule has 0 atom stereocenters. The zero-order chi connectivity index (χ0) is 9.78. The molecule has 0 saturated heterocycles. The Hall–Kier alpha value is -1.29. The lowest BCUT2D eigenvalue weighted by Crippen LogP contribution is -2.09. The molecule has 0 saturated carbocycles. The highest BCUT2D eigenvalue weighted by Gasteiger charge is 2.18. The summed E-state index contributed by atoms with van der Waals surface area (Å²) in [6.45, 7) is 13.0.